The molecule has 138 valence electrons. The van der Waals surface area contributed by atoms with Gasteiger partial charge in [-0.1, -0.05) is 12.1 Å². The molecule has 0 aromatic heterocycles. The van der Waals surface area contributed by atoms with Gasteiger partial charge in [0.15, 0.2) is 0 Å². The average molecular weight is 354 g/mol. The molecular formula is C21H26N2O3. The summed E-state index contributed by atoms with van der Waals surface area (Å²) in [6, 6.07) is 13.9. The monoisotopic (exact) mass is 354 g/mol. The van der Waals surface area contributed by atoms with Crippen molar-refractivity contribution in [2.75, 3.05) is 32.6 Å². The van der Waals surface area contributed by atoms with E-state index in [1.165, 1.54) is 0 Å². The van der Waals surface area contributed by atoms with Crippen molar-refractivity contribution >= 4 is 11.6 Å². The molecule has 1 N–H and O–H groups in total. The van der Waals surface area contributed by atoms with Crippen molar-refractivity contribution in [1.29, 1.82) is 0 Å². The zero-order chi connectivity index (χ0) is 18.4. The van der Waals surface area contributed by atoms with Gasteiger partial charge in [-0.2, -0.15) is 0 Å². The first-order chi connectivity index (χ1) is 12.7. The van der Waals surface area contributed by atoms with Gasteiger partial charge in [0.05, 0.1) is 20.6 Å². The minimum absolute atomic E-state index is 0.228. The largest absolute Gasteiger partial charge is 0.497 e. The summed E-state index contributed by atoms with van der Waals surface area (Å²) in [6.07, 6.45) is 2.74. The Morgan fingerprint density at radius 1 is 0.962 bits per heavy atom. The molecule has 1 amide bonds. The molecule has 3 rings (SSSR count). The molecule has 1 aliphatic heterocycles. The molecule has 26 heavy (non-hydrogen) atoms. The summed E-state index contributed by atoms with van der Waals surface area (Å²) in [4.78, 5) is 14.2. The maximum Gasteiger partial charge on any atom is 0.226 e. The summed E-state index contributed by atoms with van der Waals surface area (Å²) in [5.41, 5.74) is 3.15. The fourth-order valence-electron chi connectivity index (χ4n) is 3.17. The van der Waals surface area contributed by atoms with Crippen LogP contribution in [0, 0.1) is 0 Å². The minimum atomic E-state index is 0.228. The lowest BCUT2D eigenvalue weighted by molar-refractivity contribution is -0.129. The zero-order valence-corrected chi connectivity index (χ0v) is 15.5. The van der Waals surface area contributed by atoms with E-state index in [0.29, 0.717) is 13.0 Å². The Balaban J connectivity index is 1.56. The summed E-state index contributed by atoms with van der Waals surface area (Å²) < 4.78 is 10.6. The van der Waals surface area contributed by atoms with Crippen LogP contribution in [0.4, 0.5) is 5.69 Å². The molecule has 0 saturated carbocycles. The highest BCUT2D eigenvalue weighted by atomic mass is 16.5. The normalized spacial score (nSPS) is 13.5. The van der Waals surface area contributed by atoms with Crippen molar-refractivity contribution in [3.8, 4) is 11.5 Å². The van der Waals surface area contributed by atoms with Gasteiger partial charge in [0.1, 0.15) is 11.5 Å². The summed E-state index contributed by atoms with van der Waals surface area (Å²) in [7, 11) is 3.29. The van der Waals surface area contributed by atoms with Crippen molar-refractivity contribution in [3.63, 3.8) is 0 Å². The van der Waals surface area contributed by atoms with Crippen molar-refractivity contribution in [3.05, 3.63) is 53.6 Å². The predicted octanol–water partition coefficient (Wildman–Crippen LogP) is 3.48. The van der Waals surface area contributed by atoms with Crippen LogP contribution in [-0.4, -0.2) is 38.1 Å². The van der Waals surface area contributed by atoms with Crippen LogP contribution in [0.1, 0.15) is 24.0 Å². The fourth-order valence-corrected chi connectivity index (χ4v) is 3.17. The quantitative estimate of drug-likeness (QED) is 0.827. The van der Waals surface area contributed by atoms with Gasteiger partial charge < -0.3 is 19.7 Å². The Kier molecular flexibility index (Phi) is 6.00. The molecule has 5 nitrogen and oxygen atoms in total. The molecule has 0 unspecified atom stereocenters. The number of carbonyl (C=O) groups is 1. The molecule has 5 heteroatoms. The van der Waals surface area contributed by atoms with Crippen molar-refractivity contribution in [1.82, 2.24) is 4.90 Å². The van der Waals surface area contributed by atoms with Crippen LogP contribution in [0.3, 0.4) is 0 Å². The van der Waals surface area contributed by atoms with Gasteiger partial charge in [-0.05, 0) is 48.2 Å². The highest BCUT2D eigenvalue weighted by molar-refractivity contribution is 5.79. The van der Waals surface area contributed by atoms with E-state index < -0.39 is 0 Å². The second kappa shape index (κ2) is 8.61. The van der Waals surface area contributed by atoms with E-state index in [1.54, 1.807) is 14.2 Å². The van der Waals surface area contributed by atoms with Gasteiger partial charge in [0.2, 0.25) is 5.91 Å². The molecule has 2 aromatic carbocycles. The van der Waals surface area contributed by atoms with Gasteiger partial charge in [-0.25, -0.2) is 0 Å². The Bertz CT molecular complexity index is 715. The van der Waals surface area contributed by atoms with Gasteiger partial charge in [-0.15, -0.1) is 0 Å². The predicted molar refractivity (Wildman–Crippen MR) is 103 cm³/mol. The highest BCUT2D eigenvalue weighted by Gasteiger charge is 2.17. The number of anilines is 1. The molecule has 1 heterocycles. The van der Waals surface area contributed by atoms with Crippen LogP contribution in [0.5, 0.6) is 11.5 Å². The van der Waals surface area contributed by atoms with Gasteiger partial charge in [-0.3, -0.25) is 4.79 Å². The fraction of sp³-hybridized carbons (Fsp3) is 0.381. The summed E-state index contributed by atoms with van der Waals surface area (Å²) in [6.45, 7) is 2.48. The molecule has 0 bridgehead atoms. The zero-order valence-electron chi connectivity index (χ0n) is 15.5. The minimum Gasteiger partial charge on any atom is -0.497 e. The van der Waals surface area contributed by atoms with Crippen LogP contribution in [0.25, 0.3) is 0 Å². The SMILES string of the molecule is COc1cc(CNc2ccc(CC(=O)N3CCCC3)cc2)cc(OC)c1. The smallest absolute Gasteiger partial charge is 0.226 e. The molecule has 0 atom stereocenters. The summed E-state index contributed by atoms with van der Waals surface area (Å²) in [5.74, 6) is 1.78. The lowest BCUT2D eigenvalue weighted by Crippen LogP contribution is -2.29. The number of methoxy groups -OCH3 is 2. The third-order valence-corrected chi connectivity index (χ3v) is 4.68. The van der Waals surface area contributed by atoms with Gasteiger partial charge in [0, 0.05) is 31.4 Å². The average Bonchev–Trinajstić information content (AvgIpc) is 3.22. The molecule has 2 aromatic rings. The van der Waals surface area contributed by atoms with Crippen LogP contribution < -0.4 is 14.8 Å². The number of amides is 1. The molecule has 0 spiro atoms. The molecule has 1 saturated heterocycles. The molecule has 0 radical (unpaired) electrons. The van der Waals surface area contributed by atoms with Crippen molar-refractivity contribution in [2.24, 2.45) is 0 Å². The number of benzene rings is 2. The topological polar surface area (TPSA) is 50.8 Å². The Hall–Kier alpha value is -2.69. The maximum atomic E-state index is 12.2. The van der Waals surface area contributed by atoms with E-state index >= 15 is 0 Å². The molecule has 1 fully saturated rings. The second-order valence-electron chi connectivity index (χ2n) is 6.54. The Labute approximate surface area is 154 Å². The van der Waals surface area contributed by atoms with E-state index in [9.17, 15) is 4.79 Å². The first kappa shape index (κ1) is 18.1. The number of hydrogen-bond donors (Lipinski definition) is 1. The summed E-state index contributed by atoms with van der Waals surface area (Å²) >= 11 is 0. The van der Waals surface area contributed by atoms with Crippen LogP contribution in [0.2, 0.25) is 0 Å². The number of nitrogens with zero attached hydrogens (tertiary/aromatic N) is 1. The van der Waals surface area contributed by atoms with Crippen molar-refractivity contribution < 1.29 is 14.3 Å². The van der Waals surface area contributed by atoms with Gasteiger partial charge >= 0.3 is 0 Å². The van der Waals surface area contributed by atoms with Gasteiger partial charge in [0.25, 0.3) is 0 Å². The Morgan fingerprint density at radius 3 is 2.15 bits per heavy atom. The lowest BCUT2D eigenvalue weighted by atomic mass is 10.1. The third kappa shape index (κ3) is 4.69. The van der Waals surface area contributed by atoms with Crippen LogP contribution in [0.15, 0.2) is 42.5 Å². The summed E-state index contributed by atoms with van der Waals surface area (Å²) in [5, 5.41) is 3.39. The van der Waals surface area contributed by atoms with Crippen LogP contribution >= 0.6 is 0 Å². The number of hydrogen-bond acceptors (Lipinski definition) is 4. The maximum absolute atomic E-state index is 12.2. The number of ether oxygens (including phenoxy) is 2. The first-order valence-electron chi connectivity index (χ1n) is 9.00. The molecule has 0 aliphatic carbocycles. The van der Waals surface area contributed by atoms with E-state index in [1.807, 2.05) is 47.4 Å². The number of likely N-dealkylation sites (tertiary alicyclic amines) is 1. The highest BCUT2D eigenvalue weighted by Crippen LogP contribution is 2.23. The first-order valence-corrected chi connectivity index (χ1v) is 9.00. The van der Waals surface area contributed by atoms with E-state index in [4.69, 9.17) is 9.47 Å². The van der Waals surface area contributed by atoms with Crippen LogP contribution in [-0.2, 0) is 17.8 Å². The lowest BCUT2D eigenvalue weighted by Gasteiger charge is -2.15. The second-order valence-corrected chi connectivity index (χ2v) is 6.54. The van der Waals surface area contributed by atoms with Crippen molar-refractivity contribution in [2.45, 2.75) is 25.8 Å². The number of nitrogens with one attached hydrogen (secondary N) is 1. The number of rotatable bonds is 7. The molecular weight excluding hydrogens is 328 g/mol. The van der Waals surface area contributed by atoms with E-state index in [2.05, 4.69) is 5.32 Å². The third-order valence-electron chi connectivity index (χ3n) is 4.68. The van der Waals surface area contributed by atoms with E-state index in [0.717, 1.165) is 54.2 Å². The molecule has 1 aliphatic rings. The Morgan fingerprint density at radius 2 is 1.58 bits per heavy atom. The van der Waals surface area contributed by atoms with E-state index in [-0.39, 0.29) is 5.91 Å². The standard InChI is InChI=1S/C21H26N2O3/c1-25-19-11-17(12-20(14-19)26-2)15-22-18-7-5-16(6-8-18)13-21(24)23-9-3-4-10-23/h5-8,11-12,14,22H,3-4,9-10,13,15H2,1-2H3. The number of carbonyl (C=O) groups excluding carboxylic acids is 1.